The molecule has 154 valence electrons. The van der Waals surface area contributed by atoms with Crippen LogP contribution in [0.3, 0.4) is 0 Å². The number of benzene rings is 2. The number of ether oxygens (including phenoxy) is 2. The molecule has 1 amide bonds. The van der Waals surface area contributed by atoms with Gasteiger partial charge in [0, 0.05) is 17.8 Å². The number of anilines is 1. The molecule has 2 rings (SSSR count). The molecule has 0 radical (unpaired) electrons. The number of nitrogens with one attached hydrogen (secondary N) is 2. The number of hydrogen-bond acceptors (Lipinski definition) is 4. The number of carbonyl (C=O) groups is 1. The van der Waals surface area contributed by atoms with Crippen LogP contribution in [0, 0.1) is 5.82 Å². The highest BCUT2D eigenvalue weighted by atomic mass is 35.5. The second-order valence-corrected chi connectivity index (χ2v) is 7.46. The number of methoxy groups -OCH3 is 1. The molecule has 2 aromatic carbocycles. The molecule has 0 aliphatic heterocycles. The van der Waals surface area contributed by atoms with Gasteiger partial charge in [-0.15, -0.1) is 12.4 Å². The van der Waals surface area contributed by atoms with E-state index in [4.69, 9.17) is 21.1 Å². The molecule has 0 unspecified atom stereocenters. The SMILES string of the molecule is COc1cc(CNc2ccc(F)cc2)cc(Cl)c1OCC(=O)NC(C)(C)C.Cl. The third kappa shape index (κ3) is 7.44. The van der Waals surface area contributed by atoms with Crippen molar-refractivity contribution in [3.05, 3.63) is 52.8 Å². The van der Waals surface area contributed by atoms with Crippen molar-refractivity contribution in [1.29, 1.82) is 0 Å². The maximum absolute atomic E-state index is 13.0. The standard InChI is InChI=1S/C20H24ClFN2O3.ClH/c1-20(2,3)24-18(25)12-27-19-16(21)9-13(10-17(19)26-4)11-23-15-7-5-14(22)6-8-15;/h5-10,23H,11-12H2,1-4H3,(H,24,25);1H. The average molecular weight is 431 g/mol. The maximum Gasteiger partial charge on any atom is 0.258 e. The maximum atomic E-state index is 13.0. The van der Waals surface area contributed by atoms with Crippen LogP contribution in [0.5, 0.6) is 11.5 Å². The van der Waals surface area contributed by atoms with E-state index in [0.29, 0.717) is 23.1 Å². The lowest BCUT2D eigenvalue weighted by Crippen LogP contribution is -2.43. The fraction of sp³-hybridized carbons (Fsp3) is 0.350. The van der Waals surface area contributed by atoms with Crippen molar-refractivity contribution in [3.8, 4) is 11.5 Å². The molecule has 0 saturated carbocycles. The smallest absolute Gasteiger partial charge is 0.258 e. The van der Waals surface area contributed by atoms with Gasteiger partial charge in [0.15, 0.2) is 18.1 Å². The first-order valence-electron chi connectivity index (χ1n) is 8.47. The first-order chi connectivity index (χ1) is 12.7. The van der Waals surface area contributed by atoms with E-state index < -0.39 is 0 Å². The Bertz CT molecular complexity index is 793. The molecule has 0 aliphatic rings. The molecule has 2 aromatic rings. The molecule has 2 N–H and O–H groups in total. The zero-order valence-electron chi connectivity index (χ0n) is 16.3. The molecule has 0 bridgehead atoms. The highest BCUT2D eigenvalue weighted by molar-refractivity contribution is 6.32. The van der Waals surface area contributed by atoms with Crippen molar-refractivity contribution in [1.82, 2.24) is 5.32 Å². The molecule has 28 heavy (non-hydrogen) atoms. The summed E-state index contributed by atoms with van der Waals surface area (Å²) in [6, 6.07) is 9.58. The zero-order valence-corrected chi connectivity index (χ0v) is 17.8. The largest absolute Gasteiger partial charge is 0.493 e. The van der Waals surface area contributed by atoms with E-state index in [0.717, 1.165) is 11.3 Å². The molecule has 0 aliphatic carbocycles. The minimum Gasteiger partial charge on any atom is -0.493 e. The highest BCUT2D eigenvalue weighted by Crippen LogP contribution is 2.36. The van der Waals surface area contributed by atoms with Gasteiger partial charge in [-0.25, -0.2) is 4.39 Å². The van der Waals surface area contributed by atoms with Crippen LogP contribution < -0.4 is 20.1 Å². The summed E-state index contributed by atoms with van der Waals surface area (Å²) in [5.41, 5.74) is 1.29. The molecule has 0 saturated heterocycles. The third-order valence-electron chi connectivity index (χ3n) is 3.49. The summed E-state index contributed by atoms with van der Waals surface area (Å²) in [5.74, 6) is 0.209. The van der Waals surface area contributed by atoms with Crippen molar-refractivity contribution in [3.63, 3.8) is 0 Å². The topological polar surface area (TPSA) is 59.6 Å². The Morgan fingerprint density at radius 3 is 2.39 bits per heavy atom. The monoisotopic (exact) mass is 430 g/mol. The van der Waals surface area contributed by atoms with Crippen molar-refractivity contribution >= 4 is 35.6 Å². The Kier molecular flexibility index (Phi) is 8.85. The average Bonchev–Trinajstić information content (AvgIpc) is 2.58. The predicted molar refractivity (Wildman–Crippen MR) is 112 cm³/mol. The summed E-state index contributed by atoms with van der Waals surface area (Å²) in [6.45, 7) is 5.97. The highest BCUT2D eigenvalue weighted by Gasteiger charge is 2.17. The van der Waals surface area contributed by atoms with Gasteiger partial charge in [0.2, 0.25) is 0 Å². The summed E-state index contributed by atoms with van der Waals surface area (Å²) >= 11 is 6.32. The van der Waals surface area contributed by atoms with Crippen molar-refractivity contribution < 1.29 is 18.7 Å². The van der Waals surface area contributed by atoms with E-state index in [2.05, 4.69) is 10.6 Å². The van der Waals surface area contributed by atoms with Gasteiger partial charge in [-0.2, -0.15) is 0 Å². The van der Waals surface area contributed by atoms with E-state index >= 15 is 0 Å². The van der Waals surface area contributed by atoms with E-state index in [1.807, 2.05) is 20.8 Å². The summed E-state index contributed by atoms with van der Waals surface area (Å²) in [5, 5.41) is 6.33. The second kappa shape index (κ2) is 10.4. The number of carbonyl (C=O) groups excluding carboxylic acids is 1. The van der Waals surface area contributed by atoms with Gasteiger partial charge in [-0.1, -0.05) is 11.6 Å². The number of amides is 1. The Morgan fingerprint density at radius 2 is 1.82 bits per heavy atom. The van der Waals surface area contributed by atoms with E-state index in [9.17, 15) is 9.18 Å². The summed E-state index contributed by atoms with van der Waals surface area (Å²) in [4.78, 5) is 11.9. The Morgan fingerprint density at radius 1 is 1.18 bits per heavy atom. The zero-order chi connectivity index (χ0) is 20.0. The van der Waals surface area contributed by atoms with Gasteiger partial charge < -0.3 is 20.1 Å². The van der Waals surface area contributed by atoms with Crippen LogP contribution in [0.4, 0.5) is 10.1 Å². The molecule has 0 fully saturated rings. The molecule has 0 spiro atoms. The number of halogens is 3. The predicted octanol–water partition coefficient (Wildman–Crippen LogP) is 4.82. The Balaban J connectivity index is 0.00000392. The van der Waals surface area contributed by atoms with Crippen molar-refractivity contribution in [2.75, 3.05) is 19.0 Å². The minimum absolute atomic E-state index is 0. The van der Waals surface area contributed by atoms with Crippen LogP contribution in [-0.4, -0.2) is 25.2 Å². The van der Waals surface area contributed by atoms with Crippen LogP contribution in [0.25, 0.3) is 0 Å². The van der Waals surface area contributed by atoms with Crippen LogP contribution in [0.1, 0.15) is 26.3 Å². The fourth-order valence-electron chi connectivity index (χ4n) is 2.38. The third-order valence-corrected chi connectivity index (χ3v) is 3.77. The van der Waals surface area contributed by atoms with Gasteiger partial charge in [0.25, 0.3) is 5.91 Å². The van der Waals surface area contributed by atoms with Gasteiger partial charge in [-0.3, -0.25) is 4.79 Å². The normalized spacial score (nSPS) is 10.6. The number of rotatable bonds is 7. The van der Waals surface area contributed by atoms with Crippen LogP contribution in [0.2, 0.25) is 5.02 Å². The van der Waals surface area contributed by atoms with Crippen molar-refractivity contribution in [2.45, 2.75) is 32.9 Å². The minimum atomic E-state index is -0.343. The Labute approximate surface area is 176 Å². The fourth-order valence-corrected chi connectivity index (χ4v) is 2.67. The summed E-state index contributed by atoms with van der Waals surface area (Å²) in [7, 11) is 1.50. The molecular formula is C20H25Cl2FN2O3. The second-order valence-electron chi connectivity index (χ2n) is 7.06. The summed E-state index contributed by atoms with van der Waals surface area (Å²) in [6.07, 6.45) is 0. The van der Waals surface area contributed by atoms with Crippen LogP contribution in [-0.2, 0) is 11.3 Å². The molecule has 0 aromatic heterocycles. The van der Waals surface area contributed by atoms with Crippen molar-refractivity contribution in [2.24, 2.45) is 0 Å². The lowest BCUT2D eigenvalue weighted by Gasteiger charge is -2.21. The van der Waals surface area contributed by atoms with E-state index in [1.165, 1.54) is 19.2 Å². The Hall–Kier alpha value is -2.18. The first kappa shape index (κ1) is 23.9. The molecule has 0 atom stereocenters. The molecule has 5 nitrogen and oxygen atoms in total. The van der Waals surface area contributed by atoms with Crippen LogP contribution >= 0.6 is 24.0 Å². The van der Waals surface area contributed by atoms with Gasteiger partial charge in [-0.05, 0) is 62.7 Å². The first-order valence-corrected chi connectivity index (χ1v) is 8.85. The molecule has 8 heteroatoms. The molecular weight excluding hydrogens is 406 g/mol. The van der Waals surface area contributed by atoms with Gasteiger partial charge in [0.05, 0.1) is 12.1 Å². The summed E-state index contributed by atoms with van der Waals surface area (Å²) < 4.78 is 23.9. The lowest BCUT2D eigenvalue weighted by atomic mass is 10.1. The van der Waals surface area contributed by atoms with Gasteiger partial charge >= 0.3 is 0 Å². The molecule has 0 heterocycles. The number of hydrogen-bond donors (Lipinski definition) is 2. The van der Waals surface area contributed by atoms with Gasteiger partial charge in [0.1, 0.15) is 5.82 Å². The van der Waals surface area contributed by atoms with E-state index in [-0.39, 0.29) is 36.3 Å². The van der Waals surface area contributed by atoms with Crippen LogP contribution in [0.15, 0.2) is 36.4 Å². The lowest BCUT2D eigenvalue weighted by molar-refractivity contribution is -0.124. The van der Waals surface area contributed by atoms with E-state index in [1.54, 1.807) is 24.3 Å². The quantitative estimate of drug-likeness (QED) is 0.661.